The van der Waals surface area contributed by atoms with Crippen molar-refractivity contribution in [3.8, 4) is 6.07 Å². The summed E-state index contributed by atoms with van der Waals surface area (Å²) in [6.45, 7) is 1.62. The summed E-state index contributed by atoms with van der Waals surface area (Å²) in [5.74, 6) is -0.641. The Bertz CT molecular complexity index is 583. The molecule has 0 fully saturated rings. The third kappa shape index (κ3) is 3.07. The molecule has 0 bridgehead atoms. The Morgan fingerprint density at radius 1 is 1.56 bits per heavy atom. The Kier molecular flexibility index (Phi) is 4.85. The third-order valence-electron chi connectivity index (χ3n) is 2.58. The average Bonchev–Trinajstić information content (AvgIpc) is 2.31. The highest BCUT2D eigenvalue weighted by Crippen LogP contribution is 2.22. The second kappa shape index (κ2) is 5.78. The average molecular weight is 335 g/mol. The van der Waals surface area contributed by atoms with Crippen molar-refractivity contribution in [2.75, 3.05) is 7.05 Å². The molecule has 0 aliphatic rings. The zero-order valence-corrected chi connectivity index (χ0v) is 12.3. The van der Waals surface area contributed by atoms with Gasteiger partial charge in [0, 0.05) is 13.1 Å². The van der Waals surface area contributed by atoms with Crippen LogP contribution >= 0.6 is 15.9 Å². The Morgan fingerprint density at radius 2 is 2.17 bits per heavy atom. The summed E-state index contributed by atoms with van der Waals surface area (Å²) in [7, 11) is -2.41. The van der Waals surface area contributed by atoms with Gasteiger partial charge in [0.2, 0.25) is 10.0 Å². The SMILES string of the molecule is C[C@H](CC#N)N(C)S(=O)(=O)c1ccc(Br)c(F)c1. The predicted octanol–water partition coefficient (Wildman–Crippen LogP) is 2.51. The zero-order chi connectivity index (χ0) is 13.9. The fourth-order valence-corrected chi connectivity index (χ4v) is 2.92. The quantitative estimate of drug-likeness (QED) is 0.849. The monoisotopic (exact) mass is 334 g/mol. The van der Waals surface area contributed by atoms with E-state index in [2.05, 4.69) is 15.9 Å². The lowest BCUT2D eigenvalue weighted by atomic mass is 10.3. The lowest BCUT2D eigenvalue weighted by Gasteiger charge is -2.22. The first-order valence-electron chi connectivity index (χ1n) is 5.10. The summed E-state index contributed by atoms with van der Waals surface area (Å²) >= 11 is 2.96. The Balaban J connectivity index is 3.14. The molecular formula is C11H12BrFN2O2S. The first-order valence-corrected chi connectivity index (χ1v) is 7.34. The van der Waals surface area contributed by atoms with E-state index in [0.29, 0.717) is 0 Å². The van der Waals surface area contributed by atoms with Gasteiger partial charge in [-0.25, -0.2) is 12.8 Å². The van der Waals surface area contributed by atoms with Gasteiger partial charge in [0.25, 0.3) is 0 Å². The van der Waals surface area contributed by atoms with E-state index in [1.807, 2.05) is 6.07 Å². The molecule has 0 aromatic heterocycles. The Morgan fingerprint density at radius 3 is 2.67 bits per heavy atom. The first kappa shape index (κ1) is 15.1. The minimum atomic E-state index is -3.78. The van der Waals surface area contributed by atoms with E-state index in [9.17, 15) is 12.8 Å². The van der Waals surface area contributed by atoms with Crippen LogP contribution in [0.3, 0.4) is 0 Å². The van der Waals surface area contributed by atoms with Gasteiger partial charge in [0.05, 0.1) is 21.9 Å². The van der Waals surface area contributed by atoms with Gasteiger partial charge in [-0.1, -0.05) is 0 Å². The maximum absolute atomic E-state index is 13.3. The zero-order valence-electron chi connectivity index (χ0n) is 9.89. The molecule has 0 saturated carbocycles. The number of nitrogens with zero attached hydrogens (tertiary/aromatic N) is 2. The van der Waals surface area contributed by atoms with Gasteiger partial charge in [-0.05, 0) is 41.1 Å². The second-order valence-electron chi connectivity index (χ2n) is 3.81. The molecule has 0 saturated heterocycles. The number of rotatable bonds is 4. The molecule has 98 valence electrons. The first-order chi connectivity index (χ1) is 8.30. The highest BCUT2D eigenvalue weighted by atomic mass is 79.9. The fraction of sp³-hybridized carbons (Fsp3) is 0.364. The van der Waals surface area contributed by atoms with Crippen LogP contribution in [0.5, 0.6) is 0 Å². The highest BCUT2D eigenvalue weighted by molar-refractivity contribution is 9.10. The van der Waals surface area contributed by atoms with Crippen LogP contribution in [0.2, 0.25) is 0 Å². The van der Waals surface area contributed by atoms with Crippen molar-refractivity contribution in [3.05, 3.63) is 28.5 Å². The van der Waals surface area contributed by atoms with Crippen LogP contribution in [0, 0.1) is 17.1 Å². The van der Waals surface area contributed by atoms with Crippen LogP contribution < -0.4 is 0 Å². The largest absolute Gasteiger partial charge is 0.243 e. The lowest BCUT2D eigenvalue weighted by Crippen LogP contribution is -2.34. The van der Waals surface area contributed by atoms with Gasteiger partial charge >= 0.3 is 0 Å². The highest BCUT2D eigenvalue weighted by Gasteiger charge is 2.25. The third-order valence-corrected chi connectivity index (χ3v) is 5.19. The van der Waals surface area contributed by atoms with Gasteiger partial charge in [0.15, 0.2) is 0 Å². The molecule has 0 spiro atoms. The second-order valence-corrected chi connectivity index (χ2v) is 6.66. The van der Waals surface area contributed by atoms with E-state index < -0.39 is 21.9 Å². The Labute approximate surface area is 114 Å². The van der Waals surface area contributed by atoms with Crippen molar-refractivity contribution in [3.63, 3.8) is 0 Å². The summed E-state index contributed by atoms with van der Waals surface area (Å²) in [6.07, 6.45) is 0.0781. The van der Waals surface area contributed by atoms with Crippen molar-refractivity contribution in [2.24, 2.45) is 0 Å². The number of sulfonamides is 1. The fourth-order valence-electron chi connectivity index (χ4n) is 1.30. The van der Waals surface area contributed by atoms with Crippen LogP contribution in [0.25, 0.3) is 0 Å². The smallest absolute Gasteiger partial charge is 0.207 e. The molecule has 0 unspecified atom stereocenters. The van der Waals surface area contributed by atoms with Crippen molar-refractivity contribution >= 4 is 26.0 Å². The molecule has 0 amide bonds. The molecule has 0 aliphatic heterocycles. The normalized spacial score (nSPS) is 13.3. The molecule has 0 heterocycles. The maximum Gasteiger partial charge on any atom is 0.243 e. The van der Waals surface area contributed by atoms with Crippen molar-refractivity contribution in [1.82, 2.24) is 4.31 Å². The topological polar surface area (TPSA) is 61.2 Å². The molecule has 0 aliphatic carbocycles. The van der Waals surface area contributed by atoms with Crippen LogP contribution in [-0.4, -0.2) is 25.8 Å². The summed E-state index contributed by atoms with van der Waals surface area (Å²) < 4.78 is 38.9. The predicted molar refractivity (Wildman–Crippen MR) is 68.7 cm³/mol. The Hall–Kier alpha value is -0.970. The number of hydrogen-bond donors (Lipinski definition) is 0. The van der Waals surface area contributed by atoms with E-state index in [1.54, 1.807) is 6.92 Å². The van der Waals surface area contributed by atoms with E-state index in [-0.39, 0.29) is 15.8 Å². The molecule has 7 heteroatoms. The standard InChI is InChI=1S/C11H12BrFN2O2S/c1-8(5-6-14)15(2)18(16,17)9-3-4-10(12)11(13)7-9/h3-4,7-8H,5H2,1-2H3/t8-/m1/s1. The van der Waals surface area contributed by atoms with Gasteiger partial charge in [-0.3, -0.25) is 0 Å². The molecular weight excluding hydrogens is 323 g/mol. The molecule has 1 aromatic rings. The van der Waals surface area contributed by atoms with Crippen LogP contribution in [0.1, 0.15) is 13.3 Å². The summed E-state index contributed by atoms with van der Waals surface area (Å²) in [4.78, 5) is -0.129. The molecule has 1 aromatic carbocycles. The molecule has 0 N–H and O–H groups in total. The van der Waals surface area contributed by atoms with E-state index in [1.165, 1.54) is 19.2 Å². The minimum absolute atomic E-state index is 0.0781. The maximum atomic E-state index is 13.3. The number of benzene rings is 1. The van der Waals surface area contributed by atoms with Crippen LogP contribution in [0.15, 0.2) is 27.6 Å². The van der Waals surface area contributed by atoms with Gasteiger partial charge in [-0.15, -0.1) is 0 Å². The van der Waals surface area contributed by atoms with Crippen LogP contribution in [-0.2, 0) is 10.0 Å². The number of hydrogen-bond acceptors (Lipinski definition) is 3. The lowest BCUT2D eigenvalue weighted by molar-refractivity contribution is 0.393. The summed E-state index contributed by atoms with van der Waals surface area (Å²) in [6, 6.07) is 5.05. The molecule has 4 nitrogen and oxygen atoms in total. The molecule has 0 radical (unpaired) electrons. The molecule has 1 atom stereocenters. The van der Waals surface area contributed by atoms with Crippen molar-refractivity contribution in [1.29, 1.82) is 5.26 Å². The number of halogens is 2. The molecule has 1 rings (SSSR count). The summed E-state index contributed by atoms with van der Waals surface area (Å²) in [5.41, 5.74) is 0. The van der Waals surface area contributed by atoms with Crippen LogP contribution in [0.4, 0.5) is 4.39 Å². The van der Waals surface area contributed by atoms with E-state index in [0.717, 1.165) is 10.4 Å². The molecule has 18 heavy (non-hydrogen) atoms. The van der Waals surface area contributed by atoms with Gasteiger partial charge in [0.1, 0.15) is 5.82 Å². The minimum Gasteiger partial charge on any atom is -0.207 e. The van der Waals surface area contributed by atoms with Gasteiger partial charge in [-0.2, -0.15) is 9.57 Å². The van der Waals surface area contributed by atoms with E-state index in [4.69, 9.17) is 5.26 Å². The van der Waals surface area contributed by atoms with Crippen molar-refractivity contribution < 1.29 is 12.8 Å². The number of nitriles is 1. The van der Waals surface area contributed by atoms with Gasteiger partial charge < -0.3 is 0 Å². The van der Waals surface area contributed by atoms with E-state index >= 15 is 0 Å². The van der Waals surface area contributed by atoms with Crippen molar-refractivity contribution in [2.45, 2.75) is 24.3 Å². The summed E-state index contributed by atoms with van der Waals surface area (Å²) in [5, 5.41) is 8.56.